The second kappa shape index (κ2) is 5.13. The van der Waals surface area contributed by atoms with Crippen LogP contribution < -0.4 is 0 Å². The van der Waals surface area contributed by atoms with E-state index >= 15 is 0 Å². The Labute approximate surface area is 120 Å². The number of phenolic OH excluding ortho intramolecular Hbond substituents is 1. The van der Waals surface area contributed by atoms with E-state index in [1.807, 2.05) is 6.07 Å². The van der Waals surface area contributed by atoms with Crippen LogP contribution in [0.4, 0.5) is 0 Å². The fraction of sp³-hybridized carbons (Fsp3) is 0. The van der Waals surface area contributed by atoms with Gasteiger partial charge in [0.15, 0.2) is 0 Å². The maximum absolute atomic E-state index is 11.5. The molecule has 0 fully saturated rings. The highest BCUT2D eigenvalue weighted by Gasteiger charge is 2.15. The Balaban J connectivity index is 2.18. The quantitative estimate of drug-likeness (QED) is 0.644. The zero-order valence-corrected chi connectivity index (χ0v) is 10.9. The number of benzene rings is 1. The summed E-state index contributed by atoms with van der Waals surface area (Å²) in [7, 11) is 0. The minimum absolute atomic E-state index is 0.0258. The van der Waals surface area contributed by atoms with Crippen molar-refractivity contribution in [2.24, 2.45) is 0 Å². The maximum atomic E-state index is 11.5. The lowest BCUT2D eigenvalue weighted by atomic mass is 10.0. The number of H-pyrrole nitrogens is 1. The third kappa shape index (κ3) is 2.36. The summed E-state index contributed by atoms with van der Waals surface area (Å²) in [5.74, 6) is -1.17. The Morgan fingerprint density at radius 2 is 2.00 bits per heavy atom. The third-order valence-corrected chi connectivity index (χ3v) is 3.21. The molecule has 0 bridgehead atoms. The molecule has 3 N–H and O–H groups in total. The Bertz CT molecular complexity index is 849. The van der Waals surface area contributed by atoms with Crippen LogP contribution >= 0.6 is 0 Å². The molecule has 0 unspecified atom stereocenters. The number of nitrogens with zero attached hydrogens (tertiary/aromatic N) is 1. The van der Waals surface area contributed by atoms with Gasteiger partial charge in [-0.25, -0.2) is 9.78 Å². The van der Waals surface area contributed by atoms with E-state index in [4.69, 9.17) is 0 Å². The SMILES string of the molecule is O=C(O)C(=Cc1c[nH]c2ncccc12)c1ccccc1O. The largest absolute Gasteiger partial charge is 0.507 e. The second-order valence-electron chi connectivity index (χ2n) is 4.52. The van der Waals surface area contributed by atoms with E-state index in [-0.39, 0.29) is 16.9 Å². The molecular formula is C16H12N2O3. The molecule has 0 radical (unpaired) electrons. The average molecular weight is 280 g/mol. The van der Waals surface area contributed by atoms with Gasteiger partial charge in [0.05, 0.1) is 5.57 Å². The number of aromatic hydroxyl groups is 1. The zero-order valence-electron chi connectivity index (χ0n) is 10.9. The van der Waals surface area contributed by atoms with E-state index in [0.717, 1.165) is 5.39 Å². The van der Waals surface area contributed by atoms with E-state index < -0.39 is 5.97 Å². The van der Waals surface area contributed by atoms with Gasteiger partial charge < -0.3 is 15.2 Å². The molecule has 3 aromatic rings. The fourth-order valence-corrected chi connectivity index (χ4v) is 2.21. The molecule has 3 rings (SSSR count). The van der Waals surface area contributed by atoms with Crippen LogP contribution in [0.1, 0.15) is 11.1 Å². The van der Waals surface area contributed by atoms with Crippen LogP contribution in [0.3, 0.4) is 0 Å². The van der Waals surface area contributed by atoms with Crippen molar-refractivity contribution in [2.75, 3.05) is 0 Å². The van der Waals surface area contributed by atoms with Gasteiger partial charge >= 0.3 is 5.97 Å². The van der Waals surface area contributed by atoms with E-state index in [1.54, 1.807) is 36.7 Å². The van der Waals surface area contributed by atoms with Gasteiger partial charge in [-0.3, -0.25) is 0 Å². The number of aliphatic carboxylic acids is 1. The summed E-state index contributed by atoms with van der Waals surface area (Å²) in [4.78, 5) is 18.7. The summed E-state index contributed by atoms with van der Waals surface area (Å²) >= 11 is 0. The molecule has 2 heterocycles. The summed E-state index contributed by atoms with van der Waals surface area (Å²) in [5, 5.41) is 20.1. The minimum atomic E-state index is -1.10. The molecule has 5 heteroatoms. The van der Waals surface area contributed by atoms with Crippen LogP contribution in [0.2, 0.25) is 0 Å². The molecule has 0 amide bonds. The molecular weight excluding hydrogens is 268 g/mol. The van der Waals surface area contributed by atoms with Crippen molar-refractivity contribution in [3.63, 3.8) is 0 Å². The Morgan fingerprint density at radius 3 is 2.76 bits per heavy atom. The number of aromatic nitrogens is 2. The van der Waals surface area contributed by atoms with E-state index in [0.29, 0.717) is 11.2 Å². The number of pyridine rings is 1. The van der Waals surface area contributed by atoms with Crippen LogP contribution in [-0.2, 0) is 4.79 Å². The van der Waals surface area contributed by atoms with E-state index in [1.165, 1.54) is 12.1 Å². The van der Waals surface area contributed by atoms with Gasteiger partial charge in [0.25, 0.3) is 0 Å². The standard InChI is InChI=1S/C16H12N2O3/c19-14-6-2-1-4-12(14)13(16(20)21)8-10-9-18-15-11(10)5-3-7-17-15/h1-9,19H,(H,17,18)(H,20,21). The highest BCUT2D eigenvalue weighted by molar-refractivity contribution is 6.22. The number of aromatic amines is 1. The predicted molar refractivity (Wildman–Crippen MR) is 79.7 cm³/mol. The van der Waals surface area contributed by atoms with E-state index in [2.05, 4.69) is 9.97 Å². The molecule has 104 valence electrons. The number of carbonyl (C=O) groups is 1. The molecule has 5 nitrogen and oxygen atoms in total. The van der Waals surface area contributed by atoms with Crippen LogP contribution in [0.5, 0.6) is 5.75 Å². The summed E-state index contributed by atoms with van der Waals surface area (Å²) in [6, 6.07) is 10.0. The number of hydrogen-bond acceptors (Lipinski definition) is 3. The first-order valence-corrected chi connectivity index (χ1v) is 6.32. The average Bonchev–Trinajstić information content (AvgIpc) is 2.89. The van der Waals surface area contributed by atoms with Gasteiger partial charge in [-0.2, -0.15) is 0 Å². The number of para-hydroxylation sites is 1. The number of hydrogen-bond donors (Lipinski definition) is 3. The van der Waals surface area contributed by atoms with Crippen molar-refractivity contribution in [3.05, 3.63) is 59.9 Å². The lowest BCUT2D eigenvalue weighted by Gasteiger charge is -2.05. The summed E-state index contributed by atoms with van der Waals surface area (Å²) < 4.78 is 0. The first-order valence-electron chi connectivity index (χ1n) is 6.32. The van der Waals surface area contributed by atoms with Gasteiger partial charge in [-0.1, -0.05) is 18.2 Å². The molecule has 0 atom stereocenters. The first kappa shape index (κ1) is 12.9. The van der Waals surface area contributed by atoms with Crippen molar-refractivity contribution < 1.29 is 15.0 Å². The molecule has 1 aromatic carbocycles. The molecule has 0 aliphatic carbocycles. The third-order valence-electron chi connectivity index (χ3n) is 3.21. The van der Waals surface area contributed by atoms with Gasteiger partial charge in [-0.05, 0) is 24.3 Å². The molecule has 21 heavy (non-hydrogen) atoms. The van der Waals surface area contributed by atoms with Crippen molar-refractivity contribution in [2.45, 2.75) is 0 Å². The molecule has 0 aliphatic heterocycles. The highest BCUT2D eigenvalue weighted by atomic mass is 16.4. The topological polar surface area (TPSA) is 86.2 Å². The van der Waals surface area contributed by atoms with Crippen LogP contribution in [-0.4, -0.2) is 26.2 Å². The number of fused-ring (bicyclic) bond motifs is 1. The van der Waals surface area contributed by atoms with E-state index in [9.17, 15) is 15.0 Å². The smallest absolute Gasteiger partial charge is 0.336 e. The second-order valence-corrected chi connectivity index (χ2v) is 4.52. The molecule has 0 spiro atoms. The van der Waals surface area contributed by atoms with Crippen molar-refractivity contribution in [1.29, 1.82) is 0 Å². The normalized spacial score (nSPS) is 11.7. The molecule has 0 saturated carbocycles. The summed E-state index contributed by atoms with van der Waals surface area (Å²) in [6.45, 7) is 0. The Morgan fingerprint density at radius 1 is 1.19 bits per heavy atom. The minimum Gasteiger partial charge on any atom is -0.507 e. The van der Waals surface area contributed by atoms with Crippen LogP contribution in [0, 0.1) is 0 Å². The number of carboxylic acid groups (broad SMARTS) is 1. The van der Waals surface area contributed by atoms with Gasteiger partial charge in [0.1, 0.15) is 11.4 Å². The fourth-order valence-electron chi connectivity index (χ4n) is 2.21. The van der Waals surface area contributed by atoms with Crippen molar-refractivity contribution in [3.8, 4) is 5.75 Å². The predicted octanol–water partition coefficient (Wildman–Crippen LogP) is 2.89. The maximum Gasteiger partial charge on any atom is 0.336 e. The van der Waals surface area contributed by atoms with Gasteiger partial charge in [0, 0.05) is 28.9 Å². The number of rotatable bonds is 3. The number of nitrogens with one attached hydrogen (secondary N) is 1. The number of carboxylic acids is 1. The Kier molecular flexibility index (Phi) is 3.16. The summed E-state index contributed by atoms with van der Waals surface area (Å²) in [5.41, 5.74) is 1.70. The molecule has 0 saturated heterocycles. The number of phenols is 1. The lowest BCUT2D eigenvalue weighted by molar-refractivity contribution is -0.130. The van der Waals surface area contributed by atoms with Crippen molar-refractivity contribution >= 4 is 28.7 Å². The Hall–Kier alpha value is -3.08. The summed E-state index contributed by atoms with van der Waals surface area (Å²) in [6.07, 6.45) is 4.88. The monoisotopic (exact) mass is 280 g/mol. The molecule has 2 aromatic heterocycles. The lowest BCUT2D eigenvalue weighted by Crippen LogP contribution is -1.99. The van der Waals surface area contributed by atoms with Crippen LogP contribution in [0.25, 0.3) is 22.7 Å². The van der Waals surface area contributed by atoms with Gasteiger partial charge in [0.2, 0.25) is 0 Å². The highest BCUT2D eigenvalue weighted by Crippen LogP contribution is 2.28. The van der Waals surface area contributed by atoms with Crippen LogP contribution in [0.15, 0.2) is 48.8 Å². The first-order chi connectivity index (χ1) is 10.2. The van der Waals surface area contributed by atoms with Crippen molar-refractivity contribution in [1.82, 2.24) is 9.97 Å². The zero-order chi connectivity index (χ0) is 14.8. The molecule has 0 aliphatic rings. The van der Waals surface area contributed by atoms with Gasteiger partial charge in [-0.15, -0.1) is 0 Å².